The minimum absolute atomic E-state index is 0.0625. The van der Waals surface area contributed by atoms with E-state index < -0.39 is 0 Å². The van der Waals surface area contributed by atoms with Crippen LogP contribution in [-0.2, 0) is 6.54 Å². The number of piperidine rings is 1. The second-order valence-electron chi connectivity index (χ2n) is 3.97. The molecule has 3 nitrogen and oxygen atoms in total. The van der Waals surface area contributed by atoms with E-state index in [1.807, 2.05) is 6.07 Å². The number of aromatic amines is 1. The minimum atomic E-state index is 0.0625. The Bertz CT molecular complexity index is 382. The SMILES string of the molecule is O=c1[nH]ccc(I)c1CN1CCCCC1. The summed E-state index contributed by atoms with van der Waals surface area (Å²) in [7, 11) is 0. The van der Waals surface area contributed by atoms with Gasteiger partial charge in [0, 0.05) is 21.9 Å². The minimum Gasteiger partial charge on any atom is -0.329 e. The van der Waals surface area contributed by atoms with Gasteiger partial charge in [-0.1, -0.05) is 6.42 Å². The lowest BCUT2D eigenvalue weighted by atomic mass is 10.1. The molecule has 1 aliphatic rings. The smallest absolute Gasteiger partial charge is 0.253 e. The molecule has 0 unspecified atom stereocenters. The average molecular weight is 318 g/mol. The molecule has 0 saturated carbocycles. The summed E-state index contributed by atoms with van der Waals surface area (Å²) in [6, 6.07) is 1.96. The zero-order valence-corrected chi connectivity index (χ0v) is 10.8. The van der Waals surface area contributed by atoms with E-state index in [1.54, 1.807) is 6.20 Å². The number of hydrogen-bond acceptors (Lipinski definition) is 2. The molecule has 1 aromatic heterocycles. The molecule has 0 atom stereocenters. The van der Waals surface area contributed by atoms with Crippen LogP contribution in [0.4, 0.5) is 0 Å². The van der Waals surface area contributed by atoms with Gasteiger partial charge in [-0.2, -0.15) is 0 Å². The molecule has 82 valence electrons. The first-order chi connectivity index (χ1) is 7.27. The number of pyridine rings is 1. The second kappa shape index (κ2) is 5.12. The Hall–Kier alpha value is -0.360. The lowest BCUT2D eigenvalue weighted by Crippen LogP contribution is -2.32. The van der Waals surface area contributed by atoms with Crippen molar-refractivity contribution in [2.45, 2.75) is 25.8 Å². The molecular formula is C11H15IN2O. The predicted molar refractivity (Wildman–Crippen MR) is 68.9 cm³/mol. The van der Waals surface area contributed by atoms with Crippen LogP contribution in [0.25, 0.3) is 0 Å². The predicted octanol–water partition coefficient (Wildman–Crippen LogP) is 1.97. The first-order valence-corrected chi connectivity index (χ1v) is 6.43. The Morgan fingerprint density at radius 3 is 2.73 bits per heavy atom. The van der Waals surface area contributed by atoms with E-state index in [4.69, 9.17) is 0 Å². The molecule has 2 rings (SSSR count). The van der Waals surface area contributed by atoms with Crippen LogP contribution in [0.5, 0.6) is 0 Å². The van der Waals surface area contributed by atoms with Crippen LogP contribution < -0.4 is 5.56 Å². The Morgan fingerprint density at radius 1 is 1.33 bits per heavy atom. The Balaban J connectivity index is 2.12. The van der Waals surface area contributed by atoms with Gasteiger partial charge < -0.3 is 4.98 Å². The van der Waals surface area contributed by atoms with Crippen molar-refractivity contribution in [3.05, 3.63) is 31.8 Å². The molecule has 0 aromatic carbocycles. The van der Waals surface area contributed by atoms with Gasteiger partial charge in [0.15, 0.2) is 0 Å². The summed E-state index contributed by atoms with van der Waals surface area (Å²) < 4.78 is 1.07. The number of aromatic nitrogens is 1. The summed E-state index contributed by atoms with van der Waals surface area (Å²) in [6.07, 6.45) is 5.57. The molecule has 1 fully saturated rings. The molecule has 1 saturated heterocycles. The van der Waals surface area contributed by atoms with Gasteiger partial charge >= 0.3 is 0 Å². The monoisotopic (exact) mass is 318 g/mol. The number of nitrogens with one attached hydrogen (secondary N) is 1. The lowest BCUT2D eigenvalue weighted by Gasteiger charge is -2.26. The van der Waals surface area contributed by atoms with Crippen LogP contribution in [0, 0.1) is 3.57 Å². The summed E-state index contributed by atoms with van der Waals surface area (Å²) in [5.41, 5.74) is 0.979. The van der Waals surface area contributed by atoms with E-state index in [0.29, 0.717) is 0 Å². The Labute approximate surface area is 103 Å². The number of likely N-dealkylation sites (tertiary alicyclic amines) is 1. The quantitative estimate of drug-likeness (QED) is 0.847. The number of halogens is 1. The van der Waals surface area contributed by atoms with Crippen LogP contribution in [-0.4, -0.2) is 23.0 Å². The molecule has 0 spiro atoms. The van der Waals surface area contributed by atoms with Gasteiger partial charge in [0.05, 0.1) is 0 Å². The summed E-state index contributed by atoms with van der Waals surface area (Å²) in [5, 5.41) is 0. The number of hydrogen-bond donors (Lipinski definition) is 1. The summed E-state index contributed by atoms with van der Waals surface area (Å²) in [6.45, 7) is 3.06. The molecule has 1 aromatic rings. The maximum atomic E-state index is 11.6. The summed E-state index contributed by atoms with van der Waals surface area (Å²) >= 11 is 2.24. The van der Waals surface area contributed by atoms with Crippen molar-refractivity contribution in [3.8, 4) is 0 Å². The van der Waals surface area contributed by atoms with Crippen molar-refractivity contribution >= 4 is 22.6 Å². The summed E-state index contributed by atoms with van der Waals surface area (Å²) in [5.74, 6) is 0. The standard InChI is InChI=1S/C11H15IN2O/c12-10-4-5-13-11(15)9(10)8-14-6-2-1-3-7-14/h4-5H,1-3,6-8H2,(H,13,15). The van der Waals surface area contributed by atoms with Gasteiger partial charge in [0.1, 0.15) is 0 Å². The molecule has 1 N–H and O–H groups in total. The van der Waals surface area contributed by atoms with E-state index in [0.717, 1.165) is 28.8 Å². The molecule has 4 heteroatoms. The van der Waals surface area contributed by atoms with Crippen LogP contribution in [0.15, 0.2) is 17.1 Å². The van der Waals surface area contributed by atoms with Crippen molar-refractivity contribution in [1.82, 2.24) is 9.88 Å². The molecule has 1 aliphatic heterocycles. The molecule has 0 amide bonds. The largest absolute Gasteiger partial charge is 0.329 e. The van der Waals surface area contributed by atoms with E-state index >= 15 is 0 Å². The molecule has 0 bridgehead atoms. The van der Waals surface area contributed by atoms with Crippen molar-refractivity contribution < 1.29 is 0 Å². The third-order valence-corrected chi connectivity index (χ3v) is 3.85. The third kappa shape index (κ3) is 2.81. The fraction of sp³-hybridized carbons (Fsp3) is 0.545. The zero-order chi connectivity index (χ0) is 10.7. The topological polar surface area (TPSA) is 36.1 Å². The molecular weight excluding hydrogens is 303 g/mol. The van der Waals surface area contributed by atoms with E-state index in [2.05, 4.69) is 32.5 Å². The van der Waals surface area contributed by atoms with Gasteiger partial charge in [-0.15, -0.1) is 0 Å². The first kappa shape index (κ1) is 11.1. The maximum absolute atomic E-state index is 11.6. The highest BCUT2D eigenvalue weighted by atomic mass is 127. The number of nitrogens with zero attached hydrogens (tertiary/aromatic N) is 1. The average Bonchev–Trinajstić information content (AvgIpc) is 2.25. The zero-order valence-electron chi connectivity index (χ0n) is 8.63. The van der Waals surface area contributed by atoms with Crippen molar-refractivity contribution in [2.75, 3.05) is 13.1 Å². The van der Waals surface area contributed by atoms with E-state index in [1.165, 1.54) is 19.3 Å². The van der Waals surface area contributed by atoms with Gasteiger partial charge in [0.2, 0.25) is 0 Å². The van der Waals surface area contributed by atoms with Gasteiger partial charge in [-0.05, 0) is 54.6 Å². The highest BCUT2D eigenvalue weighted by molar-refractivity contribution is 14.1. The first-order valence-electron chi connectivity index (χ1n) is 5.36. The molecule has 0 radical (unpaired) electrons. The maximum Gasteiger partial charge on any atom is 0.253 e. The van der Waals surface area contributed by atoms with E-state index in [9.17, 15) is 4.79 Å². The van der Waals surface area contributed by atoms with Gasteiger partial charge in [-0.25, -0.2) is 0 Å². The second-order valence-corrected chi connectivity index (χ2v) is 5.13. The third-order valence-electron chi connectivity index (χ3n) is 2.84. The Morgan fingerprint density at radius 2 is 2.07 bits per heavy atom. The fourth-order valence-corrected chi connectivity index (χ4v) is 2.57. The lowest BCUT2D eigenvalue weighted by molar-refractivity contribution is 0.219. The number of H-pyrrole nitrogens is 1. The van der Waals surface area contributed by atoms with Gasteiger partial charge in [-0.3, -0.25) is 9.69 Å². The fourth-order valence-electron chi connectivity index (χ4n) is 1.98. The molecule has 15 heavy (non-hydrogen) atoms. The van der Waals surface area contributed by atoms with Gasteiger partial charge in [0.25, 0.3) is 5.56 Å². The summed E-state index contributed by atoms with van der Waals surface area (Å²) in [4.78, 5) is 16.7. The van der Waals surface area contributed by atoms with Crippen LogP contribution in [0.1, 0.15) is 24.8 Å². The van der Waals surface area contributed by atoms with Crippen LogP contribution in [0.2, 0.25) is 0 Å². The van der Waals surface area contributed by atoms with Crippen molar-refractivity contribution in [3.63, 3.8) is 0 Å². The van der Waals surface area contributed by atoms with Crippen molar-refractivity contribution in [2.24, 2.45) is 0 Å². The molecule has 0 aliphatic carbocycles. The highest BCUT2D eigenvalue weighted by Crippen LogP contribution is 2.14. The van der Waals surface area contributed by atoms with Crippen LogP contribution in [0.3, 0.4) is 0 Å². The number of rotatable bonds is 2. The Kier molecular flexibility index (Phi) is 3.80. The highest BCUT2D eigenvalue weighted by Gasteiger charge is 2.13. The normalized spacial score (nSPS) is 17.9. The van der Waals surface area contributed by atoms with E-state index in [-0.39, 0.29) is 5.56 Å². The molecule has 2 heterocycles. The van der Waals surface area contributed by atoms with Crippen molar-refractivity contribution in [1.29, 1.82) is 0 Å². The van der Waals surface area contributed by atoms with Crippen LogP contribution >= 0.6 is 22.6 Å².